The first kappa shape index (κ1) is 14.9. The van der Waals surface area contributed by atoms with Gasteiger partial charge >= 0.3 is 0 Å². The van der Waals surface area contributed by atoms with Crippen molar-refractivity contribution in [2.45, 2.75) is 10.9 Å². The molecule has 0 aliphatic carbocycles. The Balaban J connectivity index is 2.11. The third-order valence-corrected chi connectivity index (χ3v) is 5.27. The summed E-state index contributed by atoms with van der Waals surface area (Å²) in [5.74, 6) is 0.887. The van der Waals surface area contributed by atoms with Crippen molar-refractivity contribution < 1.29 is 0 Å². The Morgan fingerprint density at radius 3 is 2.79 bits per heavy atom. The molecule has 0 saturated carbocycles. The van der Waals surface area contributed by atoms with E-state index in [9.17, 15) is 0 Å². The Kier molecular flexibility index (Phi) is 5.33. The molecular formula is C13H15BrClN3S. The number of rotatable bonds is 5. The van der Waals surface area contributed by atoms with Gasteiger partial charge in [-0.1, -0.05) is 23.7 Å². The highest BCUT2D eigenvalue weighted by Gasteiger charge is 2.18. The smallest absolute Gasteiger partial charge is 0.0834 e. The summed E-state index contributed by atoms with van der Waals surface area (Å²) in [5, 5.41) is 8.18. The minimum Gasteiger partial charge on any atom is -0.311 e. The third kappa shape index (κ3) is 3.54. The molecule has 0 bridgehead atoms. The summed E-state index contributed by atoms with van der Waals surface area (Å²) >= 11 is 11.5. The SMILES string of the molecule is CNC(CSc1ccccc1Br)c1c(Cl)cnn1C. The topological polar surface area (TPSA) is 29.9 Å². The average molecular weight is 361 g/mol. The Morgan fingerprint density at radius 2 is 2.21 bits per heavy atom. The largest absolute Gasteiger partial charge is 0.311 e. The molecule has 0 aliphatic heterocycles. The van der Waals surface area contributed by atoms with E-state index >= 15 is 0 Å². The predicted octanol–water partition coefficient (Wildman–Crippen LogP) is 3.89. The highest BCUT2D eigenvalue weighted by Crippen LogP contribution is 2.31. The molecule has 0 aliphatic rings. The van der Waals surface area contributed by atoms with Crippen molar-refractivity contribution in [3.05, 3.63) is 45.7 Å². The van der Waals surface area contributed by atoms with Gasteiger partial charge in [-0.25, -0.2) is 0 Å². The predicted molar refractivity (Wildman–Crippen MR) is 84.9 cm³/mol. The molecule has 1 aromatic carbocycles. The molecule has 2 aromatic rings. The number of aromatic nitrogens is 2. The van der Waals surface area contributed by atoms with E-state index in [1.165, 1.54) is 4.90 Å². The molecule has 1 unspecified atom stereocenters. The minimum atomic E-state index is 0.164. The summed E-state index contributed by atoms with van der Waals surface area (Å²) in [6.45, 7) is 0. The van der Waals surface area contributed by atoms with Crippen molar-refractivity contribution >= 4 is 39.3 Å². The number of thioether (sulfide) groups is 1. The van der Waals surface area contributed by atoms with Crippen LogP contribution in [0.25, 0.3) is 0 Å². The van der Waals surface area contributed by atoms with Crippen LogP contribution in [0.5, 0.6) is 0 Å². The maximum atomic E-state index is 6.19. The Labute approximate surface area is 130 Å². The zero-order valence-electron chi connectivity index (χ0n) is 10.7. The fourth-order valence-corrected chi connectivity index (χ4v) is 3.82. The van der Waals surface area contributed by atoms with Crippen LogP contribution in [0, 0.1) is 0 Å². The lowest BCUT2D eigenvalue weighted by Gasteiger charge is -2.17. The van der Waals surface area contributed by atoms with Crippen LogP contribution < -0.4 is 5.32 Å². The van der Waals surface area contributed by atoms with E-state index < -0.39 is 0 Å². The standard InChI is InChI=1S/C13H15BrClN3S/c1-16-11(13-10(15)7-17-18(13)2)8-19-12-6-4-3-5-9(12)14/h3-7,11,16H,8H2,1-2H3. The van der Waals surface area contributed by atoms with E-state index in [4.69, 9.17) is 11.6 Å². The molecule has 6 heteroatoms. The van der Waals surface area contributed by atoms with Crippen LogP contribution in [0.4, 0.5) is 0 Å². The molecule has 1 atom stereocenters. The Bertz CT molecular complexity index is 539. The number of halogens is 2. The van der Waals surface area contributed by atoms with Gasteiger partial charge in [-0.3, -0.25) is 4.68 Å². The van der Waals surface area contributed by atoms with Crippen molar-refractivity contribution in [1.29, 1.82) is 0 Å². The lowest BCUT2D eigenvalue weighted by atomic mass is 10.2. The molecule has 0 spiro atoms. The first-order valence-corrected chi connectivity index (χ1v) is 8.01. The van der Waals surface area contributed by atoms with E-state index in [-0.39, 0.29) is 6.04 Å². The summed E-state index contributed by atoms with van der Waals surface area (Å²) in [6.07, 6.45) is 1.68. The van der Waals surface area contributed by atoms with Crippen molar-refractivity contribution in [3.8, 4) is 0 Å². The van der Waals surface area contributed by atoms with Gasteiger partial charge in [0.15, 0.2) is 0 Å². The maximum absolute atomic E-state index is 6.19. The summed E-state index contributed by atoms with van der Waals surface area (Å²) in [7, 11) is 3.85. The number of nitrogens with one attached hydrogen (secondary N) is 1. The first-order valence-electron chi connectivity index (χ1n) is 5.85. The summed E-state index contributed by atoms with van der Waals surface area (Å²) in [4.78, 5) is 1.22. The number of aryl methyl sites for hydroxylation is 1. The molecule has 0 amide bonds. The van der Waals surface area contributed by atoms with E-state index in [2.05, 4.69) is 32.4 Å². The Morgan fingerprint density at radius 1 is 1.47 bits per heavy atom. The van der Waals surface area contributed by atoms with Gasteiger partial charge in [0.25, 0.3) is 0 Å². The van der Waals surface area contributed by atoms with Crippen molar-refractivity contribution in [3.63, 3.8) is 0 Å². The van der Waals surface area contributed by atoms with Crippen LogP contribution in [0.2, 0.25) is 5.02 Å². The van der Waals surface area contributed by atoms with Crippen LogP contribution in [-0.4, -0.2) is 22.6 Å². The third-order valence-electron chi connectivity index (χ3n) is 2.86. The minimum absolute atomic E-state index is 0.164. The number of hydrogen-bond acceptors (Lipinski definition) is 3. The molecule has 102 valence electrons. The lowest BCUT2D eigenvalue weighted by Crippen LogP contribution is -2.22. The number of nitrogens with zero attached hydrogens (tertiary/aromatic N) is 2. The van der Waals surface area contributed by atoms with Gasteiger partial charge in [0, 0.05) is 22.2 Å². The maximum Gasteiger partial charge on any atom is 0.0834 e. The molecule has 2 rings (SSSR count). The van der Waals surface area contributed by atoms with E-state index in [0.29, 0.717) is 5.02 Å². The fourth-order valence-electron chi connectivity index (χ4n) is 1.85. The molecule has 0 radical (unpaired) electrons. The molecule has 1 N–H and O–H groups in total. The molecular weight excluding hydrogens is 346 g/mol. The van der Waals surface area contributed by atoms with Crippen molar-refractivity contribution in [1.82, 2.24) is 15.1 Å². The fraction of sp³-hybridized carbons (Fsp3) is 0.308. The van der Waals surface area contributed by atoms with Crippen molar-refractivity contribution in [2.75, 3.05) is 12.8 Å². The molecule has 19 heavy (non-hydrogen) atoms. The second kappa shape index (κ2) is 6.79. The number of benzene rings is 1. The molecule has 3 nitrogen and oxygen atoms in total. The van der Waals surface area contributed by atoms with Gasteiger partial charge in [0.1, 0.15) is 0 Å². The van der Waals surface area contributed by atoms with Gasteiger partial charge in [-0.2, -0.15) is 5.10 Å². The van der Waals surface area contributed by atoms with Gasteiger partial charge in [-0.15, -0.1) is 11.8 Å². The normalized spacial score (nSPS) is 12.6. The lowest BCUT2D eigenvalue weighted by molar-refractivity contribution is 0.586. The van der Waals surface area contributed by atoms with Gasteiger partial charge < -0.3 is 5.32 Å². The Hall–Kier alpha value is -0.490. The zero-order valence-corrected chi connectivity index (χ0v) is 13.9. The quantitative estimate of drug-likeness (QED) is 0.820. The second-order valence-corrected chi connectivity index (χ2v) is 6.41. The van der Waals surface area contributed by atoms with E-state index in [1.807, 2.05) is 37.0 Å². The summed E-state index contributed by atoms with van der Waals surface area (Å²) < 4.78 is 2.94. The van der Waals surface area contributed by atoms with Gasteiger partial charge in [0.2, 0.25) is 0 Å². The van der Waals surface area contributed by atoms with Gasteiger partial charge in [-0.05, 0) is 35.1 Å². The number of hydrogen-bond donors (Lipinski definition) is 1. The molecule has 1 heterocycles. The second-order valence-electron chi connectivity index (χ2n) is 4.08. The average Bonchev–Trinajstić information content (AvgIpc) is 2.73. The summed E-state index contributed by atoms with van der Waals surface area (Å²) in [6, 6.07) is 8.37. The van der Waals surface area contributed by atoms with Gasteiger partial charge in [0.05, 0.1) is 23.0 Å². The summed E-state index contributed by atoms with van der Waals surface area (Å²) in [5.41, 5.74) is 1.02. The van der Waals surface area contributed by atoms with Crippen LogP contribution in [0.15, 0.2) is 39.8 Å². The zero-order chi connectivity index (χ0) is 13.8. The molecule has 0 saturated heterocycles. The van der Waals surface area contributed by atoms with Crippen LogP contribution in [-0.2, 0) is 7.05 Å². The first-order chi connectivity index (χ1) is 9.13. The van der Waals surface area contributed by atoms with Crippen LogP contribution in [0.3, 0.4) is 0 Å². The molecule has 1 aromatic heterocycles. The van der Waals surface area contributed by atoms with Crippen LogP contribution in [0.1, 0.15) is 11.7 Å². The van der Waals surface area contributed by atoms with Crippen molar-refractivity contribution in [2.24, 2.45) is 7.05 Å². The van der Waals surface area contributed by atoms with Crippen LogP contribution >= 0.6 is 39.3 Å². The highest BCUT2D eigenvalue weighted by atomic mass is 79.9. The monoisotopic (exact) mass is 359 g/mol. The molecule has 0 fully saturated rings. The van der Waals surface area contributed by atoms with E-state index in [0.717, 1.165) is 15.9 Å². The van der Waals surface area contributed by atoms with E-state index in [1.54, 1.807) is 18.0 Å². The highest BCUT2D eigenvalue weighted by molar-refractivity contribution is 9.10.